The number of benzene rings is 2. The van der Waals surface area contributed by atoms with Crippen molar-refractivity contribution in [2.45, 2.75) is 6.61 Å². The Hall–Kier alpha value is -3.42. The molecule has 1 heterocycles. The zero-order chi connectivity index (χ0) is 19.4. The van der Waals surface area contributed by atoms with Crippen LogP contribution in [0.15, 0.2) is 53.2 Å². The number of ether oxygens (including phenoxy) is 4. The molecule has 1 aliphatic rings. The predicted molar refractivity (Wildman–Crippen MR) is 93.2 cm³/mol. The molecular formula is C19H15F2NO5. The summed E-state index contributed by atoms with van der Waals surface area (Å²) in [6.45, 7) is -2.98. The molecule has 2 aromatic rings. The lowest BCUT2D eigenvalue weighted by molar-refractivity contribution is -0.129. The third kappa shape index (κ3) is 4.05. The number of nitrogens with zero attached hydrogens (tertiary/aromatic N) is 1. The minimum atomic E-state index is -2.98. The van der Waals surface area contributed by atoms with Crippen molar-refractivity contribution in [2.75, 3.05) is 14.2 Å². The average molecular weight is 375 g/mol. The van der Waals surface area contributed by atoms with Gasteiger partial charge >= 0.3 is 12.6 Å². The molecule has 0 aliphatic carbocycles. The van der Waals surface area contributed by atoms with E-state index in [-0.39, 0.29) is 22.9 Å². The van der Waals surface area contributed by atoms with Gasteiger partial charge in [0.15, 0.2) is 17.2 Å². The second kappa shape index (κ2) is 7.86. The first-order valence-corrected chi connectivity index (χ1v) is 7.80. The van der Waals surface area contributed by atoms with Crippen LogP contribution >= 0.6 is 0 Å². The third-order valence-electron chi connectivity index (χ3n) is 3.68. The Morgan fingerprint density at radius 1 is 1.04 bits per heavy atom. The third-order valence-corrected chi connectivity index (χ3v) is 3.68. The van der Waals surface area contributed by atoms with Gasteiger partial charge in [-0.1, -0.05) is 18.2 Å². The molecule has 0 saturated heterocycles. The SMILES string of the molecule is COc1ccc(C2=NC(=Cc3ccccc3OC(F)F)C(=O)O2)cc1OC. The molecule has 8 heteroatoms. The standard InChI is InChI=1S/C19H15F2NO5/c1-24-15-8-7-12(10-16(15)25-2)17-22-13(18(23)27-17)9-11-5-3-4-6-14(11)26-19(20)21/h3-10,19H,1-2H3. The number of halogens is 2. The van der Waals surface area contributed by atoms with E-state index in [9.17, 15) is 13.6 Å². The fourth-order valence-electron chi connectivity index (χ4n) is 2.45. The molecule has 27 heavy (non-hydrogen) atoms. The van der Waals surface area contributed by atoms with Crippen LogP contribution in [0.5, 0.6) is 17.2 Å². The maximum absolute atomic E-state index is 12.5. The Morgan fingerprint density at radius 3 is 2.48 bits per heavy atom. The molecule has 0 spiro atoms. The lowest BCUT2D eigenvalue weighted by Crippen LogP contribution is -2.06. The molecule has 0 atom stereocenters. The van der Waals surface area contributed by atoms with E-state index in [0.717, 1.165) is 0 Å². The van der Waals surface area contributed by atoms with Gasteiger partial charge in [0, 0.05) is 11.1 Å². The van der Waals surface area contributed by atoms with Crippen molar-refractivity contribution in [3.05, 3.63) is 59.3 Å². The molecule has 1 aliphatic heterocycles. The number of methoxy groups -OCH3 is 2. The number of para-hydroxylation sites is 1. The molecule has 0 saturated carbocycles. The highest BCUT2D eigenvalue weighted by Gasteiger charge is 2.25. The molecule has 2 aromatic carbocycles. The molecule has 140 valence electrons. The first kappa shape index (κ1) is 18.4. The van der Waals surface area contributed by atoms with Crippen molar-refractivity contribution >= 4 is 17.9 Å². The quantitative estimate of drug-likeness (QED) is 0.570. The topological polar surface area (TPSA) is 66.4 Å². The normalized spacial score (nSPS) is 14.9. The second-order valence-electron chi connectivity index (χ2n) is 5.32. The van der Waals surface area contributed by atoms with Crippen molar-refractivity contribution in [3.8, 4) is 17.2 Å². The highest BCUT2D eigenvalue weighted by atomic mass is 19.3. The summed E-state index contributed by atoms with van der Waals surface area (Å²) in [7, 11) is 2.99. The summed E-state index contributed by atoms with van der Waals surface area (Å²) in [5.41, 5.74) is 0.744. The molecule has 0 fully saturated rings. The smallest absolute Gasteiger partial charge is 0.387 e. The van der Waals surface area contributed by atoms with E-state index >= 15 is 0 Å². The molecule has 0 aromatic heterocycles. The maximum Gasteiger partial charge on any atom is 0.387 e. The number of hydrogen-bond acceptors (Lipinski definition) is 6. The van der Waals surface area contributed by atoms with Gasteiger partial charge in [-0.25, -0.2) is 9.79 Å². The van der Waals surface area contributed by atoms with Gasteiger partial charge in [-0.3, -0.25) is 0 Å². The largest absolute Gasteiger partial charge is 0.493 e. The fraction of sp³-hybridized carbons (Fsp3) is 0.158. The van der Waals surface area contributed by atoms with Crippen LogP contribution in [0.1, 0.15) is 11.1 Å². The number of alkyl halides is 2. The predicted octanol–water partition coefficient (Wildman–Crippen LogP) is 3.65. The zero-order valence-corrected chi connectivity index (χ0v) is 14.4. The van der Waals surface area contributed by atoms with E-state index in [2.05, 4.69) is 9.73 Å². The van der Waals surface area contributed by atoms with Crippen LogP contribution in [0, 0.1) is 0 Å². The van der Waals surface area contributed by atoms with Crippen LogP contribution in [0.2, 0.25) is 0 Å². The first-order valence-electron chi connectivity index (χ1n) is 7.80. The summed E-state index contributed by atoms with van der Waals surface area (Å²) in [5.74, 6) is 0.260. The highest BCUT2D eigenvalue weighted by molar-refractivity contribution is 6.13. The summed E-state index contributed by atoms with van der Waals surface area (Å²) in [6.07, 6.45) is 1.33. The van der Waals surface area contributed by atoms with Gasteiger partial charge < -0.3 is 18.9 Å². The lowest BCUT2D eigenvalue weighted by Gasteiger charge is -2.08. The van der Waals surface area contributed by atoms with Crippen molar-refractivity contribution in [1.82, 2.24) is 0 Å². The molecule has 6 nitrogen and oxygen atoms in total. The van der Waals surface area contributed by atoms with Gasteiger partial charge in [0.2, 0.25) is 5.90 Å². The van der Waals surface area contributed by atoms with Gasteiger partial charge in [-0.15, -0.1) is 0 Å². The summed E-state index contributed by atoms with van der Waals surface area (Å²) in [5, 5.41) is 0. The summed E-state index contributed by atoms with van der Waals surface area (Å²) >= 11 is 0. The van der Waals surface area contributed by atoms with E-state index in [1.165, 1.54) is 32.4 Å². The van der Waals surface area contributed by atoms with E-state index in [0.29, 0.717) is 17.1 Å². The van der Waals surface area contributed by atoms with Crippen molar-refractivity contribution in [3.63, 3.8) is 0 Å². The number of carbonyl (C=O) groups is 1. The monoisotopic (exact) mass is 375 g/mol. The molecule has 0 unspecified atom stereocenters. The number of esters is 1. The van der Waals surface area contributed by atoms with Gasteiger partial charge in [0.05, 0.1) is 14.2 Å². The molecule has 0 bridgehead atoms. The van der Waals surface area contributed by atoms with Crippen molar-refractivity contribution < 1.29 is 32.5 Å². The number of carbonyl (C=O) groups excluding carboxylic acids is 1. The molecule has 0 N–H and O–H groups in total. The van der Waals surface area contributed by atoms with Gasteiger partial charge in [-0.2, -0.15) is 8.78 Å². The van der Waals surface area contributed by atoms with Crippen LogP contribution in [0.3, 0.4) is 0 Å². The lowest BCUT2D eigenvalue weighted by atomic mass is 10.1. The number of rotatable bonds is 6. The van der Waals surface area contributed by atoms with E-state index < -0.39 is 12.6 Å². The molecule has 0 radical (unpaired) electrons. The number of aliphatic imine (C=N–C) groups is 1. The first-order chi connectivity index (χ1) is 13.0. The minimum absolute atomic E-state index is 0.0369. The molecule has 0 amide bonds. The van der Waals surface area contributed by atoms with E-state index in [4.69, 9.17) is 14.2 Å². The van der Waals surface area contributed by atoms with Gasteiger partial charge in [0.1, 0.15) is 5.75 Å². The van der Waals surface area contributed by atoms with Crippen molar-refractivity contribution in [2.24, 2.45) is 4.99 Å². The highest BCUT2D eigenvalue weighted by Crippen LogP contribution is 2.30. The maximum atomic E-state index is 12.5. The average Bonchev–Trinajstić information content (AvgIpc) is 3.03. The summed E-state index contributed by atoms with van der Waals surface area (Å²) in [6, 6.07) is 11.0. The Morgan fingerprint density at radius 2 is 1.78 bits per heavy atom. The molecule has 3 rings (SSSR count). The minimum Gasteiger partial charge on any atom is -0.493 e. The number of hydrogen-bond donors (Lipinski definition) is 0. The second-order valence-corrected chi connectivity index (χ2v) is 5.32. The van der Waals surface area contributed by atoms with Crippen LogP contribution in [-0.2, 0) is 9.53 Å². The van der Waals surface area contributed by atoms with Gasteiger partial charge in [-0.05, 0) is 30.3 Å². The number of cyclic esters (lactones) is 1. The van der Waals surface area contributed by atoms with Crippen LogP contribution < -0.4 is 14.2 Å². The summed E-state index contributed by atoms with van der Waals surface area (Å²) in [4.78, 5) is 16.3. The van der Waals surface area contributed by atoms with Crippen molar-refractivity contribution in [1.29, 1.82) is 0 Å². The van der Waals surface area contributed by atoms with Crippen LogP contribution in [0.4, 0.5) is 8.78 Å². The van der Waals surface area contributed by atoms with E-state index in [1.807, 2.05) is 0 Å². The van der Waals surface area contributed by atoms with Crippen LogP contribution in [0.25, 0.3) is 6.08 Å². The zero-order valence-electron chi connectivity index (χ0n) is 14.4. The Balaban J connectivity index is 1.94. The fourth-order valence-corrected chi connectivity index (χ4v) is 2.45. The summed E-state index contributed by atoms with van der Waals surface area (Å²) < 4.78 is 45.1. The molecular weight excluding hydrogens is 360 g/mol. The van der Waals surface area contributed by atoms with Gasteiger partial charge in [0.25, 0.3) is 0 Å². The Bertz CT molecular complexity index is 924. The van der Waals surface area contributed by atoms with E-state index in [1.54, 1.807) is 30.3 Å². The van der Waals surface area contributed by atoms with Crippen LogP contribution in [-0.4, -0.2) is 32.7 Å². The Labute approximate surface area is 153 Å². The Kier molecular flexibility index (Phi) is 5.35.